The first-order valence-electron chi connectivity index (χ1n) is 13.2. The largest absolute Gasteiger partial charge is 0.393 e. The van der Waals surface area contributed by atoms with E-state index in [0.717, 1.165) is 49.4 Å². The molecule has 0 heterocycles. The van der Waals surface area contributed by atoms with Gasteiger partial charge in [-0.2, -0.15) is 0 Å². The maximum atomic E-state index is 12.7. The van der Waals surface area contributed by atoms with E-state index in [4.69, 9.17) is 0 Å². The van der Waals surface area contributed by atoms with Crippen molar-refractivity contribution in [1.29, 1.82) is 0 Å². The second kappa shape index (κ2) is 8.41. The molecule has 0 saturated heterocycles. The van der Waals surface area contributed by atoms with Crippen molar-refractivity contribution < 1.29 is 13.5 Å². The highest BCUT2D eigenvalue weighted by molar-refractivity contribution is 7.91. The SMILES string of the molecule is CC12CCC3C(CCC4CC(O)CCC43C)C1CCC2CCCS(=O)(=O)c1ccccc1. The van der Waals surface area contributed by atoms with Crippen molar-refractivity contribution in [2.24, 2.45) is 40.4 Å². The lowest BCUT2D eigenvalue weighted by Crippen LogP contribution is -2.53. The number of fused-ring (bicyclic) bond motifs is 5. The summed E-state index contributed by atoms with van der Waals surface area (Å²) in [5, 5.41) is 10.3. The Morgan fingerprint density at radius 3 is 2.41 bits per heavy atom. The molecule has 178 valence electrons. The van der Waals surface area contributed by atoms with Crippen LogP contribution in [0.4, 0.5) is 0 Å². The summed E-state index contributed by atoms with van der Waals surface area (Å²) in [4.78, 5) is 0.471. The van der Waals surface area contributed by atoms with E-state index in [1.54, 1.807) is 12.1 Å². The molecule has 1 aromatic rings. The van der Waals surface area contributed by atoms with Crippen LogP contribution in [0.15, 0.2) is 35.2 Å². The van der Waals surface area contributed by atoms with Crippen LogP contribution in [0.5, 0.6) is 0 Å². The van der Waals surface area contributed by atoms with Gasteiger partial charge in [-0.25, -0.2) is 8.42 Å². The topological polar surface area (TPSA) is 54.4 Å². The number of sulfone groups is 1. The molecule has 32 heavy (non-hydrogen) atoms. The van der Waals surface area contributed by atoms with Crippen LogP contribution in [-0.2, 0) is 9.84 Å². The molecule has 5 rings (SSSR count). The zero-order valence-corrected chi connectivity index (χ0v) is 20.8. The zero-order chi connectivity index (χ0) is 22.6. The lowest BCUT2D eigenvalue weighted by atomic mass is 9.44. The first-order valence-corrected chi connectivity index (χ1v) is 14.8. The van der Waals surface area contributed by atoms with Gasteiger partial charge in [-0.05, 0) is 123 Å². The Labute approximate surface area is 195 Å². The fraction of sp³-hybridized carbons (Fsp3) is 0.786. The van der Waals surface area contributed by atoms with Gasteiger partial charge in [0, 0.05) is 0 Å². The molecule has 1 aromatic carbocycles. The third-order valence-corrected chi connectivity index (χ3v) is 12.7. The first-order chi connectivity index (χ1) is 15.2. The van der Waals surface area contributed by atoms with E-state index in [0.29, 0.717) is 21.6 Å². The molecular formula is C28H42O3S. The van der Waals surface area contributed by atoms with Crippen molar-refractivity contribution in [2.75, 3.05) is 5.75 Å². The molecule has 8 atom stereocenters. The molecule has 4 fully saturated rings. The van der Waals surface area contributed by atoms with Gasteiger partial charge in [0.2, 0.25) is 0 Å². The molecule has 4 aliphatic rings. The normalized spacial score (nSPS) is 43.8. The summed E-state index contributed by atoms with van der Waals surface area (Å²) in [7, 11) is -3.17. The molecule has 8 unspecified atom stereocenters. The fourth-order valence-electron chi connectivity index (χ4n) is 9.08. The number of rotatable bonds is 5. The van der Waals surface area contributed by atoms with Crippen molar-refractivity contribution >= 4 is 9.84 Å². The summed E-state index contributed by atoms with van der Waals surface area (Å²) >= 11 is 0. The second-order valence-electron chi connectivity index (χ2n) is 12.2. The Bertz CT molecular complexity index is 912. The van der Waals surface area contributed by atoms with Crippen LogP contribution in [0.25, 0.3) is 0 Å². The molecule has 0 spiro atoms. The summed E-state index contributed by atoms with van der Waals surface area (Å²) in [6.07, 6.45) is 13.0. The van der Waals surface area contributed by atoms with Crippen molar-refractivity contribution in [3.63, 3.8) is 0 Å². The van der Waals surface area contributed by atoms with Gasteiger partial charge < -0.3 is 5.11 Å². The third kappa shape index (κ3) is 3.78. The van der Waals surface area contributed by atoms with Crippen molar-refractivity contribution in [3.05, 3.63) is 30.3 Å². The predicted octanol–water partition coefficient (Wildman–Crippen LogP) is 6.26. The van der Waals surface area contributed by atoms with Crippen LogP contribution in [0.3, 0.4) is 0 Å². The Balaban J connectivity index is 1.24. The number of benzene rings is 1. The third-order valence-electron chi connectivity index (χ3n) is 10.9. The smallest absolute Gasteiger partial charge is 0.178 e. The van der Waals surface area contributed by atoms with Gasteiger partial charge in [0.25, 0.3) is 0 Å². The quantitative estimate of drug-likeness (QED) is 0.566. The molecule has 0 radical (unpaired) electrons. The molecule has 0 amide bonds. The fourth-order valence-corrected chi connectivity index (χ4v) is 10.4. The molecule has 0 aromatic heterocycles. The monoisotopic (exact) mass is 458 g/mol. The zero-order valence-electron chi connectivity index (χ0n) is 20.0. The summed E-state index contributed by atoms with van der Waals surface area (Å²) < 4.78 is 25.5. The Morgan fingerprint density at radius 1 is 0.906 bits per heavy atom. The Morgan fingerprint density at radius 2 is 1.62 bits per heavy atom. The van der Waals surface area contributed by atoms with Crippen LogP contribution in [0.1, 0.15) is 84.5 Å². The average Bonchev–Trinajstić information content (AvgIpc) is 3.11. The number of hydrogen-bond donors (Lipinski definition) is 1. The minimum atomic E-state index is -3.17. The van der Waals surface area contributed by atoms with Gasteiger partial charge in [0.05, 0.1) is 16.8 Å². The number of aliphatic hydroxyl groups is 1. The molecule has 4 aliphatic carbocycles. The van der Waals surface area contributed by atoms with Gasteiger partial charge in [0.15, 0.2) is 9.84 Å². The van der Waals surface area contributed by atoms with E-state index in [-0.39, 0.29) is 11.9 Å². The average molecular weight is 459 g/mol. The Kier molecular flexibility index (Phi) is 6.02. The summed E-state index contributed by atoms with van der Waals surface area (Å²) in [6, 6.07) is 8.96. The predicted molar refractivity (Wildman–Crippen MR) is 129 cm³/mol. The molecule has 0 bridgehead atoms. The first kappa shape index (κ1) is 22.9. The van der Waals surface area contributed by atoms with Gasteiger partial charge in [-0.1, -0.05) is 32.0 Å². The van der Waals surface area contributed by atoms with Crippen LogP contribution in [0, 0.1) is 40.4 Å². The molecule has 1 N–H and O–H groups in total. The molecular weight excluding hydrogens is 416 g/mol. The van der Waals surface area contributed by atoms with Crippen molar-refractivity contribution in [3.8, 4) is 0 Å². The second-order valence-corrected chi connectivity index (χ2v) is 14.3. The van der Waals surface area contributed by atoms with Crippen LogP contribution in [0.2, 0.25) is 0 Å². The highest BCUT2D eigenvalue weighted by Crippen LogP contribution is 2.67. The minimum absolute atomic E-state index is 0.0680. The molecule has 4 heteroatoms. The standard InChI is InChI=1S/C28H42O3S/c1-27-17-15-26-24(12-10-21-19-22(29)14-16-28(21,26)2)25(27)13-11-20(27)7-6-18-32(30,31)23-8-4-3-5-9-23/h3-5,8-9,20-22,24-26,29H,6-7,10-19H2,1-2H3. The van der Waals surface area contributed by atoms with Crippen LogP contribution >= 0.6 is 0 Å². The highest BCUT2D eigenvalue weighted by atomic mass is 32.2. The Hall–Kier alpha value is -0.870. The lowest BCUT2D eigenvalue weighted by molar-refractivity contribution is -0.126. The molecule has 4 saturated carbocycles. The summed E-state index contributed by atoms with van der Waals surface area (Å²) in [5.41, 5.74) is 0.834. The summed E-state index contributed by atoms with van der Waals surface area (Å²) in [5.74, 6) is 4.19. The van der Waals surface area contributed by atoms with Crippen LogP contribution in [-0.4, -0.2) is 25.4 Å². The van der Waals surface area contributed by atoms with E-state index in [9.17, 15) is 13.5 Å². The summed E-state index contributed by atoms with van der Waals surface area (Å²) in [6.45, 7) is 5.11. The maximum absolute atomic E-state index is 12.7. The van der Waals surface area contributed by atoms with E-state index in [1.807, 2.05) is 18.2 Å². The number of hydrogen-bond acceptors (Lipinski definition) is 3. The van der Waals surface area contributed by atoms with E-state index >= 15 is 0 Å². The van der Waals surface area contributed by atoms with Crippen molar-refractivity contribution in [2.45, 2.75) is 95.5 Å². The van der Waals surface area contributed by atoms with Gasteiger partial charge in [-0.3, -0.25) is 0 Å². The van der Waals surface area contributed by atoms with Gasteiger partial charge in [-0.15, -0.1) is 0 Å². The molecule has 3 nitrogen and oxygen atoms in total. The van der Waals surface area contributed by atoms with E-state index in [1.165, 1.54) is 44.9 Å². The van der Waals surface area contributed by atoms with Crippen LogP contribution < -0.4 is 0 Å². The van der Waals surface area contributed by atoms with Gasteiger partial charge >= 0.3 is 0 Å². The minimum Gasteiger partial charge on any atom is -0.393 e. The maximum Gasteiger partial charge on any atom is 0.178 e. The lowest BCUT2D eigenvalue weighted by Gasteiger charge is -2.61. The number of aliphatic hydroxyl groups excluding tert-OH is 1. The van der Waals surface area contributed by atoms with E-state index in [2.05, 4.69) is 13.8 Å². The highest BCUT2D eigenvalue weighted by Gasteiger charge is 2.59. The van der Waals surface area contributed by atoms with E-state index < -0.39 is 9.84 Å². The van der Waals surface area contributed by atoms with Crippen molar-refractivity contribution in [1.82, 2.24) is 0 Å². The molecule has 0 aliphatic heterocycles. The van der Waals surface area contributed by atoms with Gasteiger partial charge in [0.1, 0.15) is 0 Å².